The molecule has 9 heteroatoms. The van der Waals surface area contributed by atoms with Gasteiger partial charge in [0, 0.05) is 11.6 Å². The minimum atomic E-state index is -4.91. The van der Waals surface area contributed by atoms with E-state index in [-0.39, 0.29) is 22.1 Å². The molecule has 20 heavy (non-hydrogen) atoms. The largest absolute Gasteiger partial charge is 0.478 e. The van der Waals surface area contributed by atoms with Gasteiger partial charge in [-0.15, -0.1) is 0 Å². The molecule has 0 saturated heterocycles. The fourth-order valence-corrected chi connectivity index (χ4v) is 1.98. The molecule has 1 aliphatic rings. The van der Waals surface area contributed by atoms with Crippen molar-refractivity contribution < 1.29 is 38.0 Å². The number of carboxylic acids is 1. The van der Waals surface area contributed by atoms with E-state index in [1.165, 1.54) is 0 Å². The maximum absolute atomic E-state index is 12.8. The average molecular weight is 311 g/mol. The summed E-state index contributed by atoms with van der Waals surface area (Å²) in [6, 6.07) is 2.13. The standard InChI is InChI=1S/C11H6ClF3O5/c12-7-3-5(20-18)1-4-2-6(10(16)17)9(11(13,14)15)19-8(4)7/h1-3,9,18H,(H,16,17). The number of alkyl halides is 3. The van der Waals surface area contributed by atoms with Crippen LogP contribution < -0.4 is 9.62 Å². The molecule has 1 atom stereocenters. The van der Waals surface area contributed by atoms with Crippen molar-refractivity contribution in [2.24, 2.45) is 0 Å². The van der Waals surface area contributed by atoms with Gasteiger partial charge in [0.25, 0.3) is 0 Å². The van der Waals surface area contributed by atoms with Gasteiger partial charge < -0.3 is 14.7 Å². The lowest BCUT2D eigenvalue weighted by molar-refractivity contribution is -0.187. The summed E-state index contributed by atoms with van der Waals surface area (Å²) in [5.74, 6) is -2.27. The van der Waals surface area contributed by atoms with Crippen LogP contribution in [0.5, 0.6) is 11.5 Å². The van der Waals surface area contributed by atoms with Crippen molar-refractivity contribution in [2.45, 2.75) is 12.3 Å². The normalized spacial score (nSPS) is 17.9. The van der Waals surface area contributed by atoms with Gasteiger partial charge in [0.2, 0.25) is 6.10 Å². The first-order valence-corrected chi connectivity index (χ1v) is 5.45. The molecule has 5 nitrogen and oxygen atoms in total. The van der Waals surface area contributed by atoms with Crippen LogP contribution in [0.4, 0.5) is 13.2 Å². The van der Waals surface area contributed by atoms with Crippen molar-refractivity contribution >= 4 is 23.6 Å². The Morgan fingerprint density at radius 1 is 1.40 bits per heavy atom. The zero-order valence-electron chi connectivity index (χ0n) is 9.44. The van der Waals surface area contributed by atoms with Gasteiger partial charge in [-0.2, -0.15) is 13.2 Å². The third kappa shape index (κ3) is 2.52. The summed E-state index contributed by atoms with van der Waals surface area (Å²) in [6.07, 6.45) is -6.75. The van der Waals surface area contributed by atoms with E-state index in [1.54, 1.807) is 0 Å². The van der Waals surface area contributed by atoms with Gasteiger partial charge in [-0.05, 0) is 12.1 Å². The second-order valence-corrected chi connectivity index (χ2v) is 4.27. The highest BCUT2D eigenvalue weighted by Gasteiger charge is 2.48. The van der Waals surface area contributed by atoms with E-state index in [0.717, 1.165) is 18.2 Å². The summed E-state index contributed by atoms with van der Waals surface area (Å²) >= 11 is 5.71. The van der Waals surface area contributed by atoms with E-state index in [0.29, 0.717) is 0 Å². The van der Waals surface area contributed by atoms with E-state index in [4.69, 9.17) is 22.0 Å². The fraction of sp³-hybridized carbons (Fsp3) is 0.182. The maximum Gasteiger partial charge on any atom is 0.430 e. The van der Waals surface area contributed by atoms with Crippen molar-refractivity contribution in [3.63, 3.8) is 0 Å². The lowest BCUT2D eigenvalue weighted by atomic mass is 10.0. The van der Waals surface area contributed by atoms with Gasteiger partial charge in [-0.25, -0.2) is 10.1 Å². The lowest BCUT2D eigenvalue weighted by Gasteiger charge is -2.27. The predicted molar refractivity (Wildman–Crippen MR) is 60.8 cm³/mol. The van der Waals surface area contributed by atoms with Crippen LogP contribution in [0.15, 0.2) is 17.7 Å². The Hall–Kier alpha value is -1.93. The highest BCUT2D eigenvalue weighted by Crippen LogP contribution is 2.42. The number of carboxylic acid groups (broad SMARTS) is 1. The Labute approximate surface area is 114 Å². The van der Waals surface area contributed by atoms with E-state index < -0.39 is 23.8 Å². The predicted octanol–water partition coefficient (Wildman–Crippen LogP) is 2.98. The topological polar surface area (TPSA) is 76.0 Å². The van der Waals surface area contributed by atoms with Crippen LogP contribution in [0.3, 0.4) is 0 Å². The van der Waals surface area contributed by atoms with Crippen LogP contribution >= 0.6 is 11.6 Å². The molecule has 0 radical (unpaired) electrons. The molecule has 0 amide bonds. The van der Waals surface area contributed by atoms with Gasteiger partial charge >= 0.3 is 12.1 Å². The summed E-state index contributed by atoms with van der Waals surface area (Å²) in [5, 5.41) is 17.1. The van der Waals surface area contributed by atoms with Crippen molar-refractivity contribution in [3.05, 3.63) is 28.3 Å². The smallest absolute Gasteiger partial charge is 0.430 e. The first-order valence-electron chi connectivity index (χ1n) is 5.07. The fourth-order valence-electron chi connectivity index (χ4n) is 1.71. The molecular formula is C11H6ClF3O5. The second-order valence-electron chi connectivity index (χ2n) is 3.86. The highest BCUT2D eigenvalue weighted by atomic mass is 35.5. The molecule has 0 spiro atoms. The molecule has 0 saturated carbocycles. The molecule has 0 fully saturated rings. The molecule has 1 heterocycles. The van der Waals surface area contributed by atoms with Crippen LogP contribution in [-0.4, -0.2) is 28.6 Å². The number of ether oxygens (including phenoxy) is 1. The van der Waals surface area contributed by atoms with Gasteiger partial charge in [0.15, 0.2) is 5.75 Å². The Kier molecular flexibility index (Phi) is 3.53. The van der Waals surface area contributed by atoms with Crippen molar-refractivity contribution in [3.8, 4) is 11.5 Å². The number of benzene rings is 1. The van der Waals surface area contributed by atoms with E-state index >= 15 is 0 Å². The van der Waals surface area contributed by atoms with Crippen LogP contribution in [0.1, 0.15) is 5.56 Å². The third-order valence-corrected chi connectivity index (χ3v) is 2.81. The van der Waals surface area contributed by atoms with Crippen LogP contribution in [0, 0.1) is 0 Å². The van der Waals surface area contributed by atoms with Crippen molar-refractivity contribution in [1.29, 1.82) is 0 Å². The summed E-state index contributed by atoms with van der Waals surface area (Å²) in [4.78, 5) is 14.8. The summed E-state index contributed by atoms with van der Waals surface area (Å²) in [5.41, 5.74) is -1.03. The van der Waals surface area contributed by atoms with Crippen LogP contribution in [0.2, 0.25) is 5.02 Å². The molecular weight excluding hydrogens is 305 g/mol. The molecule has 0 bridgehead atoms. The van der Waals surface area contributed by atoms with E-state index in [9.17, 15) is 18.0 Å². The monoisotopic (exact) mass is 310 g/mol. The molecule has 1 aromatic rings. The zero-order valence-corrected chi connectivity index (χ0v) is 10.2. The molecule has 0 aromatic heterocycles. The first kappa shape index (κ1) is 14.5. The lowest BCUT2D eigenvalue weighted by Crippen LogP contribution is -2.40. The van der Waals surface area contributed by atoms with Gasteiger partial charge in [-0.3, -0.25) is 0 Å². The molecule has 108 valence electrons. The summed E-state index contributed by atoms with van der Waals surface area (Å²) in [6.45, 7) is 0. The van der Waals surface area contributed by atoms with Crippen LogP contribution in [-0.2, 0) is 4.79 Å². The third-order valence-electron chi connectivity index (χ3n) is 2.52. The Morgan fingerprint density at radius 3 is 2.55 bits per heavy atom. The first-order chi connectivity index (χ1) is 9.24. The number of aliphatic carboxylic acids is 1. The van der Waals surface area contributed by atoms with Crippen molar-refractivity contribution in [1.82, 2.24) is 0 Å². The Morgan fingerprint density at radius 2 is 2.05 bits per heavy atom. The SMILES string of the molecule is O=C(O)C1=Cc2cc(OO)cc(Cl)c2OC1C(F)(F)F. The number of rotatable bonds is 2. The minimum absolute atomic E-state index is 0.0422. The summed E-state index contributed by atoms with van der Waals surface area (Å²) < 4.78 is 43.0. The van der Waals surface area contributed by atoms with Gasteiger partial charge in [0.1, 0.15) is 5.75 Å². The molecule has 1 aromatic carbocycles. The van der Waals surface area contributed by atoms with E-state index in [2.05, 4.69) is 9.62 Å². The van der Waals surface area contributed by atoms with Crippen LogP contribution in [0.25, 0.3) is 6.08 Å². The molecule has 2 N–H and O–H groups in total. The number of halogens is 4. The number of carbonyl (C=O) groups is 1. The molecule has 1 aliphatic heterocycles. The number of hydrogen-bond donors (Lipinski definition) is 2. The zero-order chi connectivity index (χ0) is 15.1. The number of hydrogen-bond acceptors (Lipinski definition) is 4. The Bertz CT molecular complexity index is 596. The summed E-state index contributed by atoms with van der Waals surface area (Å²) in [7, 11) is 0. The molecule has 2 rings (SSSR count). The Balaban J connectivity index is 2.60. The highest BCUT2D eigenvalue weighted by molar-refractivity contribution is 6.32. The molecule has 0 aliphatic carbocycles. The van der Waals surface area contributed by atoms with E-state index in [1.807, 2.05) is 0 Å². The molecule has 1 unspecified atom stereocenters. The van der Waals surface area contributed by atoms with Crippen molar-refractivity contribution in [2.75, 3.05) is 0 Å². The quantitative estimate of drug-likeness (QED) is 0.649. The van der Waals surface area contributed by atoms with Gasteiger partial charge in [-0.1, -0.05) is 11.6 Å². The van der Waals surface area contributed by atoms with Gasteiger partial charge in [0.05, 0.1) is 10.6 Å². The second kappa shape index (κ2) is 4.88. The number of fused-ring (bicyclic) bond motifs is 1. The maximum atomic E-state index is 12.8. The average Bonchev–Trinajstić information content (AvgIpc) is 2.35. The minimum Gasteiger partial charge on any atom is -0.478 e.